The van der Waals surface area contributed by atoms with Gasteiger partial charge in [0.25, 0.3) is 11.8 Å². The van der Waals surface area contributed by atoms with E-state index in [-0.39, 0.29) is 43.8 Å². The van der Waals surface area contributed by atoms with Gasteiger partial charge in [0.2, 0.25) is 5.82 Å². The Bertz CT molecular complexity index is 1560. The van der Waals surface area contributed by atoms with Crippen molar-refractivity contribution in [1.29, 1.82) is 0 Å². The number of nitrogens with zero attached hydrogens (tertiary/aromatic N) is 4. The van der Waals surface area contributed by atoms with E-state index in [1.165, 1.54) is 43.0 Å². The first-order valence-corrected chi connectivity index (χ1v) is 14.2. The van der Waals surface area contributed by atoms with Gasteiger partial charge in [0.1, 0.15) is 17.9 Å². The van der Waals surface area contributed by atoms with Gasteiger partial charge in [-0.3, -0.25) is 9.59 Å². The lowest BCUT2D eigenvalue weighted by molar-refractivity contribution is -0.274. The number of hydrogen-bond donors (Lipinski definition) is 3. The summed E-state index contributed by atoms with van der Waals surface area (Å²) < 4.78 is 52.6. The number of alkyl halides is 3. The number of carbonyl (C=O) groups is 2. The van der Waals surface area contributed by atoms with Crippen molar-refractivity contribution in [1.82, 2.24) is 30.6 Å². The molecule has 0 fully saturated rings. The highest BCUT2D eigenvalue weighted by atomic mass is 79.9. The van der Waals surface area contributed by atoms with E-state index in [0.29, 0.717) is 46.0 Å². The van der Waals surface area contributed by atoms with E-state index in [2.05, 4.69) is 56.6 Å². The van der Waals surface area contributed by atoms with E-state index in [9.17, 15) is 22.8 Å². The quantitative estimate of drug-likeness (QED) is 0.152. The van der Waals surface area contributed by atoms with Crippen molar-refractivity contribution in [3.8, 4) is 17.0 Å². The summed E-state index contributed by atoms with van der Waals surface area (Å²) in [6, 6.07) is 13.7. The average Bonchev–Trinajstić information content (AvgIpc) is 3.02. The van der Waals surface area contributed by atoms with Crippen molar-refractivity contribution in [2.24, 2.45) is 0 Å². The van der Waals surface area contributed by atoms with Crippen LogP contribution in [-0.4, -0.2) is 77.6 Å². The molecule has 2 amide bonds. The van der Waals surface area contributed by atoms with Gasteiger partial charge in [0.05, 0.1) is 36.6 Å². The van der Waals surface area contributed by atoms with Crippen LogP contribution in [0.3, 0.4) is 0 Å². The van der Waals surface area contributed by atoms with Crippen LogP contribution >= 0.6 is 15.9 Å². The van der Waals surface area contributed by atoms with Gasteiger partial charge < -0.3 is 30.2 Å². The second kappa shape index (κ2) is 16.4. The Hall–Kier alpha value is -4.67. The molecule has 12 nitrogen and oxygen atoms in total. The van der Waals surface area contributed by atoms with Gasteiger partial charge in [-0.1, -0.05) is 12.1 Å². The van der Waals surface area contributed by atoms with Crippen molar-refractivity contribution in [3.05, 3.63) is 89.2 Å². The summed E-state index contributed by atoms with van der Waals surface area (Å²) in [5.41, 5.74) is 2.10. The van der Waals surface area contributed by atoms with E-state index in [4.69, 9.17) is 9.47 Å². The Kier molecular flexibility index (Phi) is 12.1. The van der Waals surface area contributed by atoms with Gasteiger partial charge in [-0.25, -0.2) is 19.9 Å². The molecule has 0 radical (unpaired) electrons. The number of rotatable bonds is 15. The van der Waals surface area contributed by atoms with Crippen molar-refractivity contribution >= 4 is 39.2 Å². The molecule has 0 saturated heterocycles. The van der Waals surface area contributed by atoms with E-state index >= 15 is 0 Å². The molecular weight excluding hydrogens is 663 g/mol. The lowest BCUT2D eigenvalue weighted by atomic mass is 10.1. The molecule has 16 heteroatoms. The smallest absolute Gasteiger partial charge is 0.406 e. The summed E-state index contributed by atoms with van der Waals surface area (Å²) in [5.74, 6) is -0.556. The Balaban J connectivity index is 1.14. The summed E-state index contributed by atoms with van der Waals surface area (Å²) >= 11 is 3.21. The number of halogens is 4. The minimum Gasteiger partial charge on any atom is -0.406 e. The third-order valence-corrected chi connectivity index (χ3v) is 6.12. The SMILES string of the molecule is O=C(NCCOCCOCCNC(=O)c1ncc(Br)cn1)c1cccc(-c2cc(Nc3ccc(OC(F)(F)F)cc3)ncn2)c1. The predicted octanol–water partition coefficient (Wildman–Crippen LogP) is 4.53. The fourth-order valence-electron chi connectivity index (χ4n) is 3.70. The first kappa shape index (κ1) is 33.2. The monoisotopic (exact) mass is 689 g/mol. The topological polar surface area (TPSA) is 149 Å². The molecule has 4 rings (SSSR count). The number of ether oxygens (including phenoxy) is 3. The van der Waals surface area contributed by atoms with Gasteiger partial charge in [-0.15, -0.1) is 13.2 Å². The number of aromatic nitrogens is 4. The van der Waals surface area contributed by atoms with Crippen LogP contribution in [0.4, 0.5) is 24.7 Å². The van der Waals surface area contributed by atoms with Gasteiger partial charge in [-0.2, -0.15) is 0 Å². The largest absolute Gasteiger partial charge is 0.573 e. The first-order valence-electron chi connectivity index (χ1n) is 13.4. The Morgan fingerprint density at radius 3 is 2.13 bits per heavy atom. The highest BCUT2D eigenvalue weighted by molar-refractivity contribution is 9.10. The third kappa shape index (κ3) is 11.4. The maximum absolute atomic E-state index is 12.7. The molecule has 2 aromatic heterocycles. The van der Waals surface area contributed by atoms with E-state index in [0.717, 1.165) is 0 Å². The zero-order valence-electron chi connectivity index (χ0n) is 23.5. The van der Waals surface area contributed by atoms with E-state index in [1.807, 2.05) is 0 Å². The molecule has 0 aliphatic carbocycles. The van der Waals surface area contributed by atoms with Crippen LogP contribution in [-0.2, 0) is 9.47 Å². The van der Waals surface area contributed by atoms with E-state index < -0.39 is 12.3 Å². The summed E-state index contributed by atoms with van der Waals surface area (Å²) in [6.45, 7) is 1.75. The van der Waals surface area contributed by atoms with Crippen LogP contribution in [0.15, 0.2) is 77.8 Å². The molecule has 0 saturated carbocycles. The normalized spacial score (nSPS) is 11.1. The Morgan fingerprint density at radius 2 is 1.47 bits per heavy atom. The van der Waals surface area contributed by atoms with Crippen LogP contribution < -0.4 is 20.7 Å². The van der Waals surface area contributed by atoms with Gasteiger partial charge in [-0.05, 0) is 52.3 Å². The molecule has 4 aromatic rings. The molecule has 45 heavy (non-hydrogen) atoms. The Morgan fingerprint density at radius 1 is 0.800 bits per heavy atom. The van der Waals surface area contributed by atoms with Gasteiger partial charge in [0.15, 0.2) is 0 Å². The molecule has 236 valence electrons. The summed E-state index contributed by atoms with van der Waals surface area (Å²) in [4.78, 5) is 40.8. The number of hydrogen-bond acceptors (Lipinski definition) is 10. The fraction of sp³-hybridized carbons (Fsp3) is 0.241. The van der Waals surface area contributed by atoms with Crippen molar-refractivity contribution in [2.45, 2.75) is 6.36 Å². The highest BCUT2D eigenvalue weighted by Gasteiger charge is 2.31. The molecule has 0 aliphatic heterocycles. The van der Waals surface area contributed by atoms with Crippen molar-refractivity contribution < 1.29 is 37.0 Å². The molecule has 0 unspecified atom stereocenters. The zero-order chi connectivity index (χ0) is 32.1. The summed E-state index contributed by atoms with van der Waals surface area (Å²) in [6.07, 6.45) is -0.460. The predicted molar refractivity (Wildman–Crippen MR) is 160 cm³/mol. The van der Waals surface area contributed by atoms with Gasteiger partial charge in [0, 0.05) is 48.4 Å². The maximum Gasteiger partial charge on any atom is 0.573 e. The van der Waals surface area contributed by atoms with Crippen molar-refractivity contribution in [2.75, 3.05) is 44.8 Å². The number of amides is 2. The summed E-state index contributed by atoms with van der Waals surface area (Å²) in [7, 11) is 0. The zero-order valence-corrected chi connectivity index (χ0v) is 25.1. The average molecular weight is 690 g/mol. The third-order valence-electron chi connectivity index (χ3n) is 5.71. The number of anilines is 2. The van der Waals surface area contributed by atoms with Crippen LogP contribution in [0.1, 0.15) is 21.0 Å². The van der Waals surface area contributed by atoms with Gasteiger partial charge >= 0.3 is 6.36 Å². The minimum atomic E-state index is -4.77. The molecular formula is C29H27BrF3N7O5. The first-order chi connectivity index (χ1) is 21.7. The highest BCUT2D eigenvalue weighted by Crippen LogP contribution is 2.26. The lowest BCUT2D eigenvalue weighted by Gasteiger charge is -2.11. The maximum atomic E-state index is 12.7. The molecule has 2 aromatic carbocycles. The second-order valence-electron chi connectivity index (χ2n) is 9.03. The van der Waals surface area contributed by atoms with Crippen LogP contribution in [0.2, 0.25) is 0 Å². The minimum absolute atomic E-state index is 0.0691. The van der Waals surface area contributed by atoms with E-state index in [1.54, 1.807) is 30.3 Å². The molecule has 3 N–H and O–H groups in total. The molecule has 0 aliphatic rings. The molecule has 0 bridgehead atoms. The molecule has 0 atom stereocenters. The van der Waals surface area contributed by atoms with Crippen LogP contribution in [0, 0.1) is 0 Å². The van der Waals surface area contributed by atoms with Crippen LogP contribution in [0.5, 0.6) is 5.75 Å². The number of benzene rings is 2. The molecule has 0 spiro atoms. The molecule has 2 heterocycles. The van der Waals surface area contributed by atoms with Crippen molar-refractivity contribution in [3.63, 3.8) is 0 Å². The number of carbonyl (C=O) groups excluding carboxylic acids is 2. The lowest BCUT2D eigenvalue weighted by Crippen LogP contribution is -2.29. The Labute approximate surface area is 263 Å². The number of nitrogens with one attached hydrogen (secondary N) is 3. The van der Waals surface area contributed by atoms with Crippen LogP contribution in [0.25, 0.3) is 11.3 Å². The summed E-state index contributed by atoms with van der Waals surface area (Å²) in [5, 5.41) is 8.45. The second-order valence-corrected chi connectivity index (χ2v) is 9.94. The fourth-order valence-corrected chi connectivity index (χ4v) is 3.90. The standard InChI is InChI=1S/C29H27BrF3N7O5/c30-21-16-36-26(37-17-21)28(42)35-9-11-44-13-12-43-10-8-34-27(41)20-3-1-2-19(14-20)24-15-25(39-18-38-24)40-22-4-6-23(7-5-22)45-29(31,32)33/h1-7,14-18H,8-13H2,(H,34,41)(H,35,42)(H,38,39,40).